The first kappa shape index (κ1) is 28.7. The molecule has 0 radical (unpaired) electrons. The lowest BCUT2D eigenvalue weighted by Crippen LogP contribution is -2.31. The van der Waals surface area contributed by atoms with Crippen molar-refractivity contribution >= 4 is 56.1 Å². The monoisotopic (exact) mass is 636 g/mol. The van der Waals surface area contributed by atoms with Gasteiger partial charge in [-0.2, -0.15) is 0 Å². The maximum absolute atomic E-state index is 13.5. The number of aryl methyl sites for hydroxylation is 1. The van der Waals surface area contributed by atoms with Crippen LogP contribution in [-0.2, 0) is 14.3 Å². The number of esters is 1. The molecule has 1 aromatic heterocycles. The molecular weight excluding hydrogens is 608 g/mol. The molecule has 1 aliphatic carbocycles. The average molecular weight is 638 g/mol. The average Bonchev–Trinajstić information content (AvgIpc) is 3.26. The van der Waals surface area contributed by atoms with Gasteiger partial charge in [0.25, 0.3) is 0 Å². The third-order valence-electron chi connectivity index (χ3n) is 8.27. The number of allylic oxidation sites excluding steroid dienone is 2. The van der Waals surface area contributed by atoms with Gasteiger partial charge in [-0.15, -0.1) is 0 Å². The summed E-state index contributed by atoms with van der Waals surface area (Å²) in [7, 11) is 0. The molecule has 8 heteroatoms. The number of amides is 2. The van der Waals surface area contributed by atoms with E-state index in [0.717, 1.165) is 10.0 Å². The molecule has 2 amide bonds. The van der Waals surface area contributed by atoms with Gasteiger partial charge in [-0.25, -0.2) is 9.78 Å². The SMILES string of the molecule is Cc1ccc(C(=O)C(C)OC(=O)c2cc(-c3ccc(N4C(=O)C5CC=CC(C)C5C4=O)cc3)nc3ccc(Br)cc23)cc1. The minimum absolute atomic E-state index is 0.00869. The summed E-state index contributed by atoms with van der Waals surface area (Å²) in [4.78, 5) is 58.9. The topological polar surface area (TPSA) is 93.6 Å². The van der Waals surface area contributed by atoms with E-state index < -0.39 is 12.1 Å². The Hall–Kier alpha value is -4.43. The molecule has 1 fully saturated rings. The van der Waals surface area contributed by atoms with Crippen LogP contribution in [0.25, 0.3) is 22.2 Å². The van der Waals surface area contributed by atoms with Gasteiger partial charge in [0, 0.05) is 21.0 Å². The number of pyridine rings is 1. The summed E-state index contributed by atoms with van der Waals surface area (Å²) >= 11 is 3.47. The number of hydrogen-bond donors (Lipinski definition) is 0. The second-order valence-corrected chi connectivity index (χ2v) is 12.1. The molecule has 4 unspecified atom stereocenters. The number of Topliss-reactive ketones (excluding diaryl/α,β-unsaturated/α-hetero) is 1. The van der Waals surface area contributed by atoms with E-state index in [2.05, 4.69) is 15.9 Å². The third kappa shape index (κ3) is 5.31. The van der Waals surface area contributed by atoms with Gasteiger partial charge >= 0.3 is 5.97 Å². The molecule has 216 valence electrons. The molecular formula is C35H29BrN2O5. The van der Waals surface area contributed by atoms with Gasteiger partial charge in [0.05, 0.1) is 34.3 Å². The van der Waals surface area contributed by atoms with E-state index in [9.17, 15) is 19.2 Å². The number of carbonyl (C=O) groups excluding carboxylic acids is 4. The number of ketones is 1. The van der Waals surface area contributed by atoms with Crippen molar-refractivity contribution < 1.29 is 23.9 Å². The van der Waals surface area contributed by atoms with E-state index in [1.165, 1.54) is 4.90 Å². The van der Waals surface area contributed by atoms with Crippen LogP contribution in [0.3, 0.4) is 0 Å². The Morgan fingerprint density at radius 3 is 2.40 bits per heavy atom. The second-order valence-electron chi connectivity index (χ2n) is 11.2. The highest BCUT2D eigenvalue weighted by molar-refractivity contribution is 9.10. The highest BCUT2D eigenvalue weighted by Gasteiger charge is 2.50. The lowest BCUT2D eigenvalue weighted by molar-refractivity contribution is -0.122. The maximum Gasteiger partial charge on any atom is 0.339 e. The number of hydrogen-bond acceptors (Lipinski definition) is 6. The highest BCUT2D eigenvalue weighted by atomic mass is 79.9. The predicted molar refractivity (Wildman–Crippen MR) is 168 cm³/mol. The molecule has 2 heterocycles. The molecule has 1 saturated heterocycles. The van der Waals surface area contributed by atoms with Crippen LogP contribution in [0.4, 0.5) is 5.69 Å². The quantitative estimate of drug-likeness (QED) is 0.0969. The van der Waals surface area contributed by atoms with Crippen molar-refractivity contribution in [3.8, 4) is 11.3 Å². The number of ether oxygens (including phenoxy) is 1. The number of fused-ring (bicyclic) bond motifs is 2. The summed E-state index contributed by atoms with van der Waals surface area (Å²) < 4.78 is 6.43. The van der Waals surface area contributed by atoms with Crippen molar-refractivity contribution in [2.75, 3.05) is 4.90 Å². The highest BCUT2D eigenvalue weighted by Crippen LogP contribution is 2.41. The number of imide groups is 1. The number of halogens is 1. The summed E-state index contributed by atoms with van der Waals surface area (Å²) in [6, 6.07) is 21.2. The number of benzene rings is 3. The van der Waals surface area contributed by atoms with E-state index in [1.54, 1.807) is 61.5 Å². The van der Waals surface area contributed by atoms with Crippen LogP contribution in [0, 0.1) is 24.7 Å². The zero-order valence-corrected chi connectivity index (χ0v) is 25.5. The van der Waals surface area contributed by atoms with Crippen molar-refractivity contribution in [2.24, 2.45) is 17.8 Å². The minimum atomic E-state index is -0.995. The molecule has 7 nitrogen and oxygen atoms in total. The van der Waals surface area contributed by atoms with Crippen LogP contribution in [0.2, 0.25) is 0 Å². The second kappa shape index (κ2) is 11.3. The molecule has 4 aromatic rings. The van der Waals surface area contributed by atoms with E-state index in [-0.39, 0.29) is 40.9 Å². The molecule has 6 rings (SSSR count). The van der Waals surface area contributed by atoms with Crippen LogP contribution in [-0.4, -0.2) is 34.7 Å². The summed E-state index contributed by atoms with van der Waals surface area (Å²) in [5.74, 6) is -1.94. The first-order valence-electron chi connectivity index (χ1n) is 14.2. The van der Waals surface area contributed by atoms with E-state index in [0.29, 0.717) is 39.8 Å². The Morgan fingerprint density at radius 1 is 0.977 bits per heavy atom. The van der Waals surface area contributed by atoms with Crippen molar-refractivity contribution in [1.29, 1.82) is 0 Å². The number of anilines is 1. The Balaban J connectivity index is 1.30. The lowest BCUT2D eigenvalue weighted by Gasteiger charge is -2.22. The fourth-order valence-electron chi connectivity index (χ4n) is 5.93. The first-order chi connectivity index (χ1) is 20.6. The summed E-state index contributed by atoms with van der Waals surface area (Å²) in [5.41, 5.74) is 4.05. The van der Waals surface area contributed by atoms with Crippen molar-refractivity contribution in [3.63, 3.8) is 0 Å². The standard InChI is InChI=1S/C35H29BrN2O5/c1-19-7-9-23(10-8-19)32(39)21(3)43-35(42)28-18-30(37-29-16-13-24(36)17-27(28)29)22-11-14-25(15-12-22)38-33(40)26-6-4-5-20(2)31(26)34(38)41/h4-5,7-18,20-21,26,31H,6H2,1-3H3. The molecule has 3 aromatic carbocycles. The molecule has 0 bridgehead atoms. The van der Waals surface area contributed by atoms with E-state index in [4.69, 9.17) is 9.72 Å². The van der Waals surface area contributed by atoms with Gasteiger partial charge in [0.2, 0.25) is 17.6 Å². The number of rotatable bonds is 6. The molecule has 4 atom stereocenters. The predicted octanol–water partition coefficient (Wildman–Crippen LogP) is 7.10. The van der Waals surface area contributed by atoms with Gasteiger partial charge in [0.15, 0.2) is 6.10 Å². The zero-order chi connectivity index (χ0) is 30.4. The van der Waals surface area contributed by atoms with E-state index >= 15 is 0 Å². The van der Waals surface area contributed by atoms with Crippen molar-refractivity contribution in [2.45, 2.75) is 33.3 Å². The lowest BCUT2D eigenvalue weighted by atomic mass is 9.78. The summed E-state index contributed by atoms with van der Waals surface area (Å²) in [6.07, 6.45) is 3.56. The van der Waals surface area contributed by atoms with Gasteiger partial charge in [-0.05, 0) is 62.6 Å². The molecule has 0 saturated carbocycles. The van der Waals surface area contributed by atoms with Crippen LogP contribution in [0.15, 0.2) is 89.4 Å². The van der Waals surface area contributed by atoms with Crippen molar-refractivity contribution in [1.82, 2.24) is 4.98 Å². The van der Waals surface area contributed by atoms with Crippen LogP contribution in [0.1, 0.15) is 46.5 Å². The van der Waals surface area contributed by atoms with Gasteiger partial charge < -0.3 is 4.74 Å². The third-order valence-corrected chi connectivity index (χ3v) is 8.77. The summed E-state index contributed by atoms with van der Waals surface area (Å²) in [5, 5.41) is 0.577. The molecule has 43 heavy (non-hydrogen) atoms. The largest absolute Gasteiger partial charge is 0.451 e. The van der Waals surface area contributed by atoms with E-state index in [1.807, 2.05) is 44.2 Å². The Labute approximate surface area is 257 Å². The molecule has 2 aliphatic rings. The van der Waals surface area contributed by atoms with Gasteiger partial charge in [-0.1, -0.05) is 77.0 Å². The molecule has 0 N–H and O–H groups in total. The molecule has 0 spiro atoms. The Kier molecular flexibility index (Phi) is 7.56. The Bertz CT molecular complexity index is 1810. The smallest absolute Gasteiger partial charge is 0.339 e. The van der Waals surface area contributed by atoms with Crippen LogP contribution >= 0.6 is 15.9 Å². The minimum Gasteiger partial charge on any atom is -0.451 e. The van der Waals surface area contributed by atoms with Crippen LogP contribution in [0.5, 0.6) is 0 Å². The fraction of sp³-hybridized carbons (Fsp3) is 0.229. The van der Waals surface area contributed by atoms with Gasteiger partial charge in [-0.3, -0.25) is 19.3 Å². The fourth-order valence-corrected chi connectivity index (χ4v) is 6.29. The Morgan fingerprint density at radius 2 is 1.70 bits per heavy atom. The number of nitrogens with zero attached hydrogens (tertiary/aromatic N) is 2. The first-order valence-corrected chi connectivity index (χ1v) is 15.0. The van der Waals surface area contributed by atoms with Gasteiger partial charge in [0.1, 0.15) is 0 Å². The van der Waals surface area contributed by atoms with Crippen LogP contribution < -0.4 is 4.90 Å². The number of aromatic nitrogens is 1. The molecule has 1 aliphatic heterocycles. The maximum atomic E-state index is 13.5. The normalized spacial score (nSPS) is 20.3. The summed E-state index contributed by atoms with van der Waals surface area (Å²) in [6.45, 7) is 5.47. The number of carbonyl (C=O) groups is 4. The zero-order valence-electron chi connectivity index (χ0n) is 23.9. The van der Waals surface area contributed by atoms with Crippen molar-refractivity contribution in [3.05, 3.63) is 106 Å².